The van der Waals surface area contributed by atoms with Gasteiger partial charge in [0, 0.05) is 23.6 Å². The second-order valence-electron chi connectivity index (χ2n) is 6.81. The van der Waals surface area contributed by atoms with Gasteiger partial charge < -0.3 is 30.4 Å². The highest BCUT2D eigenvalue weighted by Crippen LogP contribution is 2.40. The molecule has 1 aromatic heterocycles. The number of hydrogen-bond donors (Lipinski definition) is 4. The average Bonchev–Trinajstić information content (AvgIpc) is 3.26. The molecule has 3 heterocycles. The van der Waals surface area contributed by atoms with E-state index >= 15 is 0 Å². The Morgan fingerprint density at radius 2 is 2.09 bits per heavy atom. The number of nitrogens with one attached hydrogen (secondary N) is 2. The number of thiazole rings is 1. The van der Waals surface area contributed by atoms with E-state index in [-0.39, 0.29) is 34.5 Å². The first kappa shape index (κ1) is 25.6. The minimum absolute atomic E-state index is 0.0584. The molecule has 35 heavy (non-hydrogen) atoms. The molecule has 2 aliphatic heterocycles. The van der Waals surface area contributed by atoms with E-state index in [2.05, 4.69) is 25.6 Å². The summed E-state index contributed by atoms with van der Waals surface area (Å²) in [5, 5.41) is 27.3. The first-order chi connectivity index (χ1) is 16.6. The van der Waals surface area contributed by atoms with Crippen LogP contribution in [0.15, 0.2) is 21.8 Å². The van der Waals surface area contributed by atoms with E-state index in [9.17, 15) is 33.9 Å². The molecule has 15 nitrogen and oxygen atoms in total. The van der Waals surface area contributed by atoms with Gasteiger partial charge in [0.05, 0.1) is 0 Å². The van der Waals surface area contributed by atoms with Gasteiger partial charge in [0.15, 0.2) is 10.8 Å². The predicted molar refractivity (Wildman–Crippen MR) is 118 cm³/mol. The summed E-state index contributed by atoms with van der Waals surface area (Å²) >= 11 is 2.11. The molecule has 0 bridgehead atoms. The maximum atomic E-state index is 12.9. The van der Waals surface area contributed by atoms with E-state index < -0.39 is 53.5 Å². The van der Waals surface area contributed by atoms with Crippen LogP contribution in [0.1, 0.15) is 12.6 Å². The number of anilines is 1. The standard InChI is InChI=1S/C18H17N5O10S2/c1-7(25)32-2-8-4-34-16-12(15(29)23(16)13(8)17(30)31)21-14(28)11(22-33-3-10(26)27)9-5-35-18(20-9)19-6-24/h5-6,12,16H,2-4H2,1H3,(H,21,28)(H,26,27)(H,30,31)(H,19,20,24)/t12-,16-/m1/s1. The van der Waals surface area contributed by atoms with Crippen LogP contribution in [-0.2, 0) is 38.3 Å². The number of nitrogens with zero attached hydrogens (tertiary/aromatic N) is 3. The summed E-state index contributed by atoms with van der Waals surface area (Å²) in [6.07, 6.45) is 0.367. The van der Waals surface area contributed by atoms with E-state index in [1.165, 1.54) is 12.3 Å². The van der Waals surface area contributed by atoms with Crippen molar-refractivity contribution in [2.45, 2.75) is 18.3 Å². The van der Waals surface area contributed by atoms with Crippen molar-refractivity contribution in [3.8, 4) is 0 Å². The third kappa shape index (κ3) is 5.75. The minimum Gasteiger partial charge on any atom is -0.479 e. The maximum Gasteiger partial charge on any atom is 0.352 e. The average molecular weight is 527 g/mol. The van der Waals surface area contributed by atoms with Crippen LogP contribution in [0, 0.1) is 0 Å². The zero-order chi connectivity index (χ0) is 25.7. The Labute approximate surface area is 204 Å². The van der Waals surface area contributed by atoms with Gasteiger partial charge in [-0.25, -0.2) is 14.6 Å². The van der Waals surface area contributed by atoms with Gasteiger partial charge in [0.1, 0.15) is 29.4 Å². The Balaban J connectivity index is 1.79. The molecule has 3 amide bonds. The van der Waals surface area contributed by atoms with Crippen LogP contribution in [-0.4, -0.2) is 92.3 Å². The summed E-state index contributed by atoms with van der Waals surface area (Å²) in [5.41, 5.74) is -0.614. The topological polar surface area (TPSA) is 214 Å². The van der Waals surface area contributed by atoms with Crippen LogP contribution in [0.3, 0.4) is 0 Å². The lowest BCUT2D eigenvalue weighted by atomic mass is 10.0. The molecule has 2 atom stereocenters. The van der Waals surface area contributed by atoms with Crippen molar-refractivity contribution in [3.05, 3.63) is 22.3 Å². The van der Waals surface area contributed by atoms with Gasteiger partial charge in [-0.3, -0.25) is 24.1 Å². The third-order valence-corrected chi connectivity index (χ3v) is 6.59. The van der Waals surface area contributed by atoms with Crippen molar-refractivity contribution < 1.29 is 48.6 Å². The van der Waals surface area contributed by atoms with Gasteiger partial charge in [0.25, 0.3) is 11.8 Å². The second kappa shape index (κ2) is 11.0. The highest BCUT2D eigenvalue weighted by molar-refractivity contribution is 8.00. The smallest absolute Gasteiger partial charge is 0.352 e. The number of β-lactam (4-membered cyclic amide) rings is 1. The lowest BCUT2D eigenvalue weighted by Gasteiger charge is -2.49. The first-order valence-corrected chi connectivity index (χ1v) is 11.5. The monoisotopic (exact) mass is 527 g/mol. The number of rotatable bonds is 11. The van der Waals surface area contributed by atoms with Crippen LogP contribution in [0.25, 0.3) is 0 Å². The second-order valence-corrected chi connectivity index (χ2v) is 8.77. The summed E-state index contributed by atoms with van der Waals surface area (Å²) in [5.74, 6) is -4.89. The number of carboxylic acids is 2. The number of aliphatic carboxylic acids is 2. The summed E-state index contributed by atoms with van der Waals surface area (Å²) < 4.78 is 4.86. The lowest BCUT2D eigenvalue weighted by Crippen LogP contribution is -2.71. The number of amides is 3. The minimum atomic E-state index is -1.39. The van der Waals surface area contributed by atoms with Crippen LogP contribution in [0.4, 0.5) is 5.13 Å². The molecule has 3 rings (SSSR count). The fourth-order valence-electron chi connectivity index (χ4n) is 3.05. The van der Waals surface area contributed by atoms with Gasteiger partial charge in [-0.15, -0.1) is 23.1 Å². The van der Waals surface area contributed by atoms with Crippen molar-refractivity contribution >= 4 is 70.1 Å². The number of ether oxygens (including phenoxy) is 1. The van der Waals surface area contributed by atoms with Gasteiger partial charge >= 0.3 is 17.9 Å². The Hall–Kier alpha value is -3.99. The molecule has 4 N–H and O–H groups in total. The van der Waals surface area contributed by atoms with Crippen molar-refractivity contribution in [2.24, 2.45) is 5.16 Å². The molecule has 0 aliphatic carbocycles. The number of carbonyl (C=O) groups is 6. The van der Waals surface area contributed by atoms with Crippen LogP contribution in [0.5, 0.6) is 0 Å². The SMILES string of the molecule is CC(=O)OCC1=C(C(=O)O)N2C(=O)[C@@H](NC(=O)C(=NOCC(=O)O)c3csc(NC=O)n3)[C@H]2SC1. The highest BCUT2D eigenvalue weighted by atomic mass is 32.2. The summed E-state index contributed by atoms with van der Waals surface area (Å²) in [6.45, 7) is 0.0167. The number of fused-ring (bicyclic) bond motifs is 1. The van der Waals surface area contributed by atoms with Gasteiger partial charge in [-0.1, -0.05) is 5.16 Å². The summed E-state index contributed by atoms with van der Waals surface area (Å²) in [7, 11) is 0. The molecule has 0 unspecified atom stereocenters. The van der Waals surface area contributed by atoms with Crippen molar-refractivity contribution in [3.63, 3.8) is 0 Å². The maximum absolute atomic E-state index is 12.9. The van der Waals surface area contributed by atoms with Gasteiger partial charge in [-0.05, 0) is 0 Å². The highest BCUT2D eigenvalue weighted by Gasteiger charge is 2.54. The molecule has 1 saturated heterocycles. The fourth-order valence-corrected chi connectivity index (χ4v) is 5.03. The summed E-state index contributed by atoms with van der Waals surface area (Å²) in [4.78, 5) is 79.5. The van der Waals surface area contributed by atoms with Crippen molar-refractivity contribution in [1.82, 2.24) is 15.2 Å². The summed E-state index contributed by atoms with van der Waals surface area (Å²) in [6, 6.07) is -1.13. The van der Waals surface area contributed by atoms with E-state index in [0.717, 1.165) is 28.0 Å². The van der Waals surface area contributed by atoms with Gasteiger partial charge in [-0.2, -0.15) is 0 Å². The number of hydrogen-bond acceptors (Lipinski definition) is 12. The molecule has 0 radical (unpaired) electrons. The number of esters is 1. The van der Waals surface area contributed by atoms with E-state index in [0.29, 0.717) is 6.41 Å². The number of aromatic nitrogens is 1. The largest absolute Gasteiger partial charge is 0.479 e. The number of thioether (sulfide) groups is 1. The number of oxime groups is 1. The first-order valence-electron chi connectivity index (χ1n) is 9.56. The number of carbonyl (C=O) groups excluding carboxylic acids is 4. The zero-order valence-corrected chi connectivity index (χ0v) is 19.4. The van der Waals surface area contributed by atoms with E-state index in [1.807, 2.05) is 0 Å². The molecule has 17 heteroatoms. The molecule has 0 aromatic carbocycles. The molecule has 2 aliphatic rings. The fraction of sp³-hybridized carbons (Fsp3) is 0.333. The quantitative estimate of drug-likeness (QED) is 0.0880. The van der Waals surface area contributed by atoms with E-state index in [4.69, 9.17) is 9.84 Å². The molecular weight excluding hydrogens is 510 g/mol. The van der Waals surface area contributed by atoms with Crippen LogP contribution in [0.2, 0.25) is 0 Å². The van der Waals surface area contributed by atoms with Crippen molar-refractivity contribution in [1.29, 1.82) is 0 Å². The van der Waals surface area contributed by atoms with Crippen molar-refractivity contribution in [2.75, 3.05) is 24.3 Å². The number of carboxylic acid groups (broad SMARTS) is 2. The van der Waals surface area contributed by atoms with Crippen LogP contribution >= 0.6 is 23.1 Å². The predicted octanol–water partition coefficient (Wildman–Crippen LogP) is -1.18. The Kier molecular flexibility index (Phi) is 8.02. The normalized spacial score (nSPS) is 19.3. The molecule has 0 spiro atoms. The van der Waals surface area contributed by atoms with E-state index in [1.54, 1.807) is 0 Å². The molecule has 186 valence electrons. The Morgan fingerprint density at radius 3 is 2.71 bits per heavy atom. The molecule has 1 aromatic rings. The van der Waals surface area contributed by atoms with Gasteiger partial charge in [0.2, 0.25) is 13.0 Å². The lowest BCUT2D eigenvalue weighted by molar-refractivity contribution is -0.150. The molecule has 1 fully saturated rings. The Bertz CT molecular complexity index is 1150. The molecule has 0 saturated carbocycles. The van der Waals surface area contributed by atoms with Crippen LogP contribution < -0.4 is 10.6 Å². The molecular formula is C18H17N5O10S2. The third-order valence-electron chi connectivity index (χ3n) is 4.47. The Morgan fingerprint density at radius 1 is 1.34 bits per heavy atom. The zero-order valence-electron chi connectivity index (χ0n) is 17.7.